The second-order valence-electron chi connectivity index (χ2n) is 5.55. The van der Waals surface area contributed by atoms with Crippen LogP contribution in [-0.4, -0.2) is 37.9 Å². The van der Waals surface area contributed by atoms with E-state index >= 15 is 0 Å². The molecule has 134 valence electrons. The second kappa shape index (κ2) is 7.27. The molecular formula is C14H17ClF3N3O2S. The van der Waals surface area contributed by atoms with Crippen molar-refractivity contribution in [3.63, 3.8) is 0 Å². The number of nitrogens with zero attached hydrogens (tertiary/aromatic N) is 2. The van der Waals surface area contributed by atoms with Crippen LogP contribution in [0.3, 0.4) is 0 Å². The van der Waals surface area contributed by atoms with Gasteiger partial charge in [-0.15, -0.1) is 12.4 Å². The van der Waals surface area contributed by atoms with Crippen LogP contribution in [0.25, 0.3) is 0 Å². The summed E-state index contributed by atoms with van der Waals surface area (Å²) in [6, 6.07) is 3.36. The molecule has 2 unspecified atom stereocenters. The van der Waals surface area contributed by atoms with Gasteiger partial charge in [0, 0.05) is 25.2 Å². The highest BCUT2D eigenvalue weighted by Gasteiger charge is 2.37. The summed E-state index contributed by atoms with van der Waals surface area (Å²) in [5.41, 5.74) is -1.84. The maximum absolute atomic E-state index is 12.8. The molecule has 24 heavy (non-hydrogen) atoms. The van der Waals surface area contributed by atoms with Gasteiger partial charge in [0.25, 0.3) is 0 Å². The van der Waals surface area contributed by atoms with Crippen molar-refractivity contribution in [2.75, 3.05) is 13.1 Å². The van der Waals surface area contributed by atoms with Gasteiger partial charge >= 0.3 is 6.18 Å². The van der Waals surface area contributed by atoms with Crippen LogP contribution in [0, 0.1) is 11.3 Å². The van der Waals surface area contributed by atoms with Crippen molar-refractivity contribution in [3.8, 4) is 6.07 Å². The number of hydrogen-bond donors (Lipinski definition) is 1. The Balaban J connectivity index is 0.00000288. The van der Waals surface area contributed by atoms with Crippen molar-refractivity contribution in [2.45, 2.75) is 37.0 Å². The minimum absolute atomic E-state index is 0. The predicted molar refractivity (Wildman–Crippen MR) is 84.2 cm³/mol. The van der Waals surface area contributed by atoms with Gasteiger partial charge in [-0.2, -0.15) is 22.7 Å². The van der Waals surface area contributed by atoms with Gasteiger partial charge in [0.1, 0.15) is 0 Å². The summed E-state index contributed by atoms with van der Waals surface area (Å²) in [7, 11) is -3.96. The third-order valence-corrected chi connectivity index (χ3v) is 5.71. The fourth-order valence-electron chi connectivity index (χ4n) is 2.48. The molecule has 1 fully saturated rings. The highest BCUT2D eigenvalue weighted by atomic mass is 35.5. The summed E-state index contributed by atoms with van der Waals surface area (Å²) in [6.07, 6.45) is -4.70. The van der Waals surface area contributed by atoms with Gasteiger partial charge in [0.2, 0.25) is 10.0 Å². The molecule has 1 aromatic rings. The van der Waals surface area contributed by atoms with E-state index < -0.39 is 27.3 Å². The lowest BCUT2D eigenvalue weighted by molar-refractivity contribution is -0.137. The van der Waals surface area contributed by atoms with Gasteiger partial charge in [-0.1, -0.05) is 0 Å². The van der Waals surface area contributed by atoms with Gasteiger partial charge in [-0.3, -0.25) is 0 Å². The quantitative estimate of drug-likeness (QED) is 0.851. The summed E-state index contributed by atoms with van der Waals surface area (Å²) in [6.45, 7) is 4.20. The summed E-state index contributed by atoms with van der Waals surface area (Å²) in [4.78, 5) is -0.303. The molecule has 0 bridgehead atoms. The van der Waals surface area contributed by atoms with Gasteiger partial charge in [0.05, 0.1) is 22.1 Å². The first-order valence-corrected chi connectivity index (χ1v) is 8.38. The number of hydrogen-bond acceptors (Lipinski definition) is 4. The lowest BCUT2D eigenvalue weighted by atomic mass is 10.1. The Morgan fingerprint density at radius 2 is 1.96 bits per heavy atom. The molecule has 1 aromatic carbocycles. The highest BCUT2D eigenvalue weighted by Crippen LogP contribution is 2.33. The van der Waals surface area contributed by atoms with Crippen LogP contribution >= 0.6 is 12.4 Å². The molecule has 1 saturated heterocycles. The molecule has 1 heterocycles. The number of piperazine rings is 1. The topological polar surface area (TPSA) is 73.2 Å². The van der Waals surface area contributed by atoms with Crippen LogP contribution in [0.2, 0.25) is 0 Å². The maximum Gasteiger partial charge on any atom is 0.417 e. The molecule has 0 spiro atoms. The summed E-state index contributed by atoms with van der Waals surface area (Å²) in [5, 5.41) is 12.0. The molecule has 2 rings (SSSR count). The summed E-state index contributed by atoms with van der Waals surface area (Å²) in [5.74, 6) is 0. The normalized spacial score (nSPS) is 22.5. The molecule has 0 radical (unpaired) electrons. The van der Waals surface area contributed by atoms with Crippen LogP contribution in [0.15, 0.2) is 23.1 Å². The molecule has 0 saturated carbocycles. The van der Waals surface area contributed by atoms with E-state index in [1.807, 2.05) is 6.92 Å². The van der Waals surface area contributed by atoms with E-state index in [1.54, 1.807) is 6.92 Å². The van der Waals surface area contributed by atoms with Crippen LogP contribution in [0.4, 0.5) is 13.2 Å². The third kappa shape index (κ3) is 4.00. The molecule has 10 heteroatoms. The van der Waals surface area contributed by atoms with Crippen molar-refractivity contribution in [1.29, 1.82) is 5.26 Å². The first kappa shape index (κ1) is 20.7. The lowest BCUT2D eigenvalue weighted by Crippen LogP contribution is -2.56. The van der Waals surface area contributed by atoms with Crippen molar-refractivity contribution in [3.05, 3.63) is 29.3 Å². The number of halogens is 4. The Bertz CT molecular complexity index is 747. The van der Waals surface area contributed by atoms with Crippen molar-refractivity contribution >= 4 is 22.4 Å². The summed E-state index contributed by atoms with van der Waals surface area (Å²) >= 11 is 0. The molecule has 0 amide bonds. The monoisotopic (exact) mass is 383 g/mol. The lowest BCUT2D eigenvalue weighted by Gasteiger charge is -2.36. The second-order valence-corrected chi connectivity index (χ2v) is 7.44. The zero-order chi connectivity index (χ0) is 17.4. The van der Waals surface area contributed by atoms with E-state index in [2.05, 4.69) is 5.32 Å². The van der Waals surface area contributed by atoms with Crippen LogP contribution in [0.1, 0.15) is 25.0 Å². The van der Waals surface area contributed by atoms with Gasteiger partial charge in [-0.05, 0) is 32.0 Å². The largest absolute Gasteiger partial charge is 0.417 e. The van der Waals surface area contributed by atoms with E-state index in [4.69, 9.17) is 5.26 Å². The Hall–Kier alpha value is -1.34. The highest BCUT2D eigenvalue weighted by molar-refractivity contribution is 7.89. The standard InChI is InChI=1S/C14H16F3N3O2S.ClH/c1-9-8-20(10(2)7-19-9)23(21,22)12-3-4-13(14(15,16)17)11(5-12)6-18;/h3-5,9-10,19H,7-8H2,1-2H3;1H. The first-order valence-electron chi connectivity index (χ1n) is 6.94. The van der Waals surface area contributed by atoms with Crippen molar-refractivity contribution in [1.82, 2.24) is 9.62 Å². The van der Waals surface area contributed by atoms with E-state index in [0.29, 0.717) is 12.6 Å². The first-order chi connectivity index (χ1) is 10.6. The molecule has 0 aromatic heterocycles. The smallest absolute Gasteiger partial charge is 0.311 e. The van der Waals surface area contributed by atoms with Gasteiger partial charge in [0.15, 0.2) is 0 Å². The Labute approximate surface area is 144 Å². The Morgan fingerprint density at radius 1 is 1.33 bits per heavy atom. The number of nitrogens with one attached hydrogen (secondary N) is 1. The molecule has 2 atom stereocenters. The Kier molecular flexibility index (Phi) is 6.27. The molecule has 1 aliphatic rings. The average Bonchev–Trinajstić information content (AvgIpc) is 2.48. The van der Waals surface area contributed by atoms with Crippen molar-refractivity contribution in [2.24, 2.45) is 0 Å². The molecule has 1 N–H and O–H groups in total. The van der Waals surface area contributed by atoms with Crippen molar-refractivity contribution < 1.29 is 21.6 Å². The fourth-order valence-corrected chi connectivity index (χ4v) is 4.23. The SMILES string of the molecule is CC1CN(S(=O)(=O)c2ccc(C(F)(F)F)c(C#N)c2)C(C)CN1.Cl. The van der Waals surface area contributed by atoms with Gasteiger partial charge < -0.3 is 5.32 Å². The number of alkyl halides is 3. The van der Waals surface area contributed by atoms with Gasteiger partial charge in [-0.25, -0.2) is 8.42 Å². The van der Waals surface area contributed by atoms with E-state index in [0.717, 1.165) is 12.1 Å². The average molecular weight is 384 g/mol. The molecule has 1 aliphatic heterocycles. The van der Waals surface area contributed by atoms with Crippen LogP contribution in [0.5, 0.6) is 0 Å². The third-order valence-electron chi connectivity index (χ3n) is 3.73. The molecule has 0 aliphatic carbocycles. The van der Waals surface area contributed by atoms with Crippen LogP contribution < -0.4 is 5.32 Å². The predicted octanol–water partition coefficient (Wildman–Crippen LogP) is 2.37. The minimum atomic E-state index is -4.70. The van der Waals surface area contributed by atoms with E-state index in [-0.39, 0.29) is 35.9 Å². The van der Waals surface area contributed by atoms with E-state index in [9.17, 15) is 21.6 Å². The number of benzene rings is 1. The van der Waals surface area contributed by atoms with Crippen LogP contribution in [-0.2, 0) is 16.2 Å². The molecular weight excluding hydrogens is 367 g/mol. The number of sulfonamides is 1. The van der Waals surface area contributed by atoms with E-state index in [1.165, 1.54) is 10.4 Å². The fraction of sp³-hybridized carbons (Fsp3) is 0.500. The zero-order valence-electron chi connectivity index (χ0n) is 13.0. The Morgan fingerprint density at radius 3 is 2.50 bits per heavy atom. The molecule has 5 nitrogen and oxygen atoms in total. The zero-order valence-corrected chi connectivity index (χ0v) is 14.6. The summed E-state index contributed by atoms with van der Waals surface area (Å²) < 4.78 is 65.0. The maximum atomic E-state index is 12.8. The number of nitriles is 1. The number of rotatable bonds is 2. The minimum Gasteiger partial charge on any atom is -0.311 e.